The van der Waals surface area contributed by atoms with Crippen LogP contribution in [0.4, 0.5) is 4.39 Å². The number of aromatic nitrogens is 3. The van der Waals surface area contributed by atoms with Crippen LogP contribution in [0.3, 0.4) is 0 Å². The molecule has 34 heavy (non-hydrogen) atoms. The average molecular weight is 493 g/mol. The van der Waals surface area contributed by atoms with Gasteiger partial charge in [0.15, 0.2) is 0 Å². The van der Waals surface area contributed by atoms with Gasteiger partial charge in [0.25, 0.3) is 5.56 Å². The number of nitrogens with one attached hydrogen (secondary N) is 1. The molecule has 10 heteroatoms. The van der Waals surface area contributed by atoms with Gasteiger partial charge in [-0.15, -0.1) is 0 Å². The molecule has 0 radical (unpaired) electrons. The van der Waals surface area contributed by atoms with E-state index in [2.05, 4.69) is 10.3 Å². The molecule has 2 N–H and O–H groups in total. The van der Waals surface area contributed by atoms with Gasteiger partial charge in [0.05, 0.1) is 11.6 Å². The van der Waals surface area contributed by atoms with Crippen LogP contribution in [-0.2, 0) is 4.79 Å². The summed E-state index contributed by atoms with van der Waals surface area (Å²) < 4.78 is 16.9. The smallest absolute Gasteiger partial charge is 0.333 e. The van der Waals surface area contributed by atoms with Crippen molar-refractivity contribution in [2.45, 2.75) is 83.0 Å². The molecule has 1 atom stereocenters. The Hall–Kier alpha value is -2.20. The number of carbonyl (C=O) groups excluding carboxylic acids is 1. The zero-order chi connectivity index (χ0) is 24.4. The largest absolute Gasteiger partial charge is 0.383 e. The molecule has 2 aromatic heterocycles. The minimum atomic E-state index is -1.04. The summed E-state index contributed by atoms with van der Waals surface area (Å²) in [6.07, 6.45) is 4.28. The van der Waals surface area contributed by atoms with Crippen LogP contribution in [-0.4, -0.2) is 48.8 Å². The molecule has 1 saturated heterocycles. The molecule has 1 amide bonds. The van der Waals surface area contributed by atoms with Crippen LogP contribution in [0, 0.1) is 11.7 Å². The second-order valence-corrected chi connectivity index (χ2v) is 11.1. The van der Waals surface area contributed by atoms with Crippen LogP contribution < -0.4 is 16.6 Å². The van der Waals surface area contributed by atoms with Crippen molar-refractivity contribution in [1.29, 1.82) is 0 Å². The third kappa shape index (κ3) is 5.22. The van der Waals surface area contributed by atoms with Crippen molar-refractivity contribution in [3.8, 4) is 0 Å². The van der Waals surface area contributed by atoms with E-state index in [1.807, 2.05) is 25.6 Å². The highest BCUT2D eigenvalue weighted by atomic mass is 32.2. The van der Waals surface area contributed by atoms with Crippen molar-refractivity contribution in [1.82, 2.24) is 19.4 Å². The Morgan fingerprint density at radius 2 is 1.79 bits per heavy atom. The highest BCUT2D eigenvalue weighted by Gasteiger charge is 2.30. The minimum Gasteiger partial charge on any atom is -0.383 e. The quantitative estimate of drug-likeness (QED) is 0.642. The monoisotopic (exact) mass is 492 g/mol. The van der Waals surface area contributed by atoms with E-state index in [-0.39, 0.29) is 46.7 Å². The first-order valence-corrected chi connectivity index (χ1v) is 13.3. The highest BCUT2D eigenvalue weighted by molar-refractivity contribution is 7.99. The highest BCUT2D eigenvalue weighted by Crippen LogP contribution is 2.30. The van der Waals surface area contributed by atoms with Gasteiger partial charge in [-0.05, 0) is 68.4 Å². The summed E-state index contributed by atoms with van der Waals surface area (Å²) in [4.78, 5) is 43.4. The number of aliphatic hydroxyl groups is 1. The van der Waals surface area contributed by atoms with Gasteiger partial charge in [-0.1, -0.05) is 13.8 Å². The van der Waals surface area contributed by atoms with Crippen molar-refractivity contribution in [3.63, 3.8) is 0 Å². The number of thioether (sulfide) groups is 1. The fourth-order valence-corrected chi connectivity index (χ4v) is 6.21. The Morgan fingerprint density at radius 3 is 2.44 bits per heavy atom. The van der Waals surface area contributed by atoms with Gasteiger partial charge in [0.1, 0.15) is 17.6 Å². The summed E-state index contributed by atoms with van der Waals surface area (Å²) in [7, 11) is 0. The summed E-state index contributed by atoms with van der Waals surface area (Å²) >= 11 is 1.84. The molecule has 2 aliphatic rings. The maximum Gasteiger partial charge on any atom is 0.333 e. The SMILES string of the molecule is CC(C)CC(O)C(=O)NC1CCC(n2c(=O)c3cc(F)cnc3n(C3CCSCC3)c2=O)CC1. The number of rotatable bonds is 6. The Bertz CT molecular complexity index is 1150. The normalized spacial score (nSPS) is 22.7. The lowest BCUT2D eigenvalue weighted by atomic mass is 9.90. The summed E-state index contributed by atoms with van der Waals surface area (Å²) in [5, 5.41) is 13.1. The molecular weight excluding hydrogens is 459 g/mol. The summed E-state index contributed by atoms with van der Waals surface area (Å²) in [5.74, 6) is 1.07. The molecule has 1 aliphatic heterocycles. The molecule has 1 aliphatic carbocycles. The summed E-state index contributed by atoms with van der Waals surface area (Å²) in [6, 6.07) is 0.666. The second kappa shape index (κ2) is 10.6. The first-order chi connectivity index (χ1) is 16.3. The second-order valence-electron chi connectivity index (χ2n) is 9.86. The number of carbonyl (C=O) groups is 1. The number of hydrogen-bond acceptors (Lipinski definition) is 6. The van der Waals surface area contributed by atoms with Crippen LogP contribution in [0.5, 0.6) is 0 Å². The number of hydrogen-bond donors (Lipinski definition) is 2. The van der Waals surface area contributed by atoms with E-state index in [0.717, 1.165) is 30.5 Å². The number of halogens is 1. The van der Waals surface area contributed by atoms with Gasteiger partial charge < -0.3 is 10.4 Å². The van der Waals surface area contributed by atoms with Crippen molar-refractivity contribution >= 4 is 28.7 Å². The molecule has 1 saturated carbocycles. The average Bonchev–Trinajstić information content (AvgIpc) is 2.81. The summed E-state index contributed by atoms with van der Waals surface area (Å²) in [5.41, 5.74) is -0.633. The maximum atomic E-state index is 14.0. The number of nitrogens with zero attached hydrogens (tertiary/aromatic N) is 3. The van der Waals surface area contributed by atoms with E-state index in [4.69, 9.17) is 0 Å². The van der Waals surface area contributed by atoms with Crippen LogP contribution in [0.2, 0.25) is 0 Å². The Balaban J connectivity index is 1.59. The van der Waals surface area contributed by atoms with Crippen molar-refractivity contribution in [3.05, 3.63) is 38.9 Å². The lowest BCUT2D eigenvalue weighted by Gasteiger charge is -2.32. The van der Waals surface area contributed by atoms with Gasteiger partial charge in [-0.2, -0.15) is 11.8 Å². The molecule has 4 rings (SSSR count). The molecule has 3 heterocycles. The molecule has 2 fully saturated rings. The Labute approximate surface area is 202 Å². The number of amides is 1. The van der Waals surface area contributed by atoms with Crippen molar-refractivity contribution < 1.29 is 14.3 Å². The fourth-order valence-electron chi connectivity index (χ4n) is 5.13. The molecule has 1 unspecified atom stereocenters. The zero-order valence-corrected chi connectivity index (χ0v) is 20.5. The van der Waals surface area contributed by atoms with Gasteiger partial charge >= 0.3 is 5.69 Å². The Kier molecular flexibility index (Phi) is 7.77. The third-order valence-electron chi connectivity index (χ3n) is 6.88. The molecule has 186 valence electrons. The lowest BCUT2D eigenvalue weighted by Crippen LogP contribution is -2.47. The predicted molar refractivity (Wildman–Crippen MR) is 131 cm³/mol. The maximum absolute atomic E-state index is 14.0. The van der Waals surface area contributed by atoms with Crippen LogP contribution in [0.1, 0.15) is 70.9 Å². The van der Waals surface area contributed by atoms with Gasteiger partial charge in [0, 0.05) is 18.1 Å². The fraction of sp³-hybridized carbons (Fsp3) is 0.667. The number of pyridine rings is 1. The van der Waals surface area contributed by atoms with E-state index in [9.17, 15) is 23.9 Å². The molecule has 2 aromatic rings. The van der Waals surface area contributed by atoms with E-state index in [1.54, 1.807) is 4.57 Å². The first-order valence-electron chi connectivity index (χ1n) is 12.1. The third-order valence-corrected chi connectivity index (χ3v) is 7.93. The number of fused-ring (bicyclic) bond motifs is 1. The van der Waals surface area contributed by atoms with Crippen molar-refractivity contribution in [2.75, 3.05) is 11.5 Å². The molecule has 0 spiro atoms. The van der Waals surface area contributed by atoms with E-state index in [0.29, 0.717) is 32.1 Å². The minimum absolute atomic E-state index is 0.0702. The zero-order valence-electron chi connectivity index (χ0n) is 19.7. The standard InChI is InChI=1S/C24H33FN4O4S/c1-14(2)11-20(30)22(31)27-16-3-5-17(6-4-16)29-23(32)19-12-15(25)13-26-21(19)28(24(29)33)18-7-9-34-10-8-18/h12-14,16-18,20,30H,3-11H2,1-2H3,(H,27,31). The first kappa shape index (κ1) is 24.9. The van der Waals surface area contributed by atoms with E-state index in [1.165, 1.54) is 10.6 Å². The van der Waals surface area contributed by atoms with Gasteiger partial charge in [-0.25, -0.2) is 14.2 Å². The molecule has 0 bridgehead atoms. The van der Waals surface area contributed by atoms with Gasteiger partial charge in [-0.3, -0.25) is 18.7 Å². The van der Waals surface area contributed by atoms with Gasteiger partial charge in [0.2, 0.25) is 5.91 Å². The van der Waals surface area contributed by atoms with E-state index < -0.39 is 17.5 Å². The topological polar surface area (TPSA) is 106 Å². The Morgan fingerprint density at radius 1 is 1.15 bits per heavy atom. The van der Waals surface area contributed by atoms with Crippen LogP contribution in [0.15, 0.2) is 21.9 Å². The number of aliphatic hydroxyl groups excluding tert-OH is 1. The molecule has 8 nitrogen and oxygen atoms in total. The van der Waals surface area contributed by atoms with Crippen LogP contribution in [0.25, 0.3) is 11.0 Å². The predicted octanol–water partition coefficient (Wildman–Crippen LogP) is 2.77. The molecular formula is C24H33FN4O4S. The summed E-state index contributed by atoms with van der Waals surface area (Å²) in [6.45, 7) is 3.90. The van der Waals surface area contributed by atoms with Crippen LogP contribution >= 0.6 is 11.8 Å². The lowest BCUT2D eigenvalue weighted by molar-refractivity contribution is -0.131. The molecule has 0 aromatic carbocycles. The van der Waals surface area contributed by atoms with E-state index >= 15 is 0 Å². The van der Waals surface area contributed by atoms with Crippen molar-refractivity contribution in [2.24, 2.45) is 5.92 Å².